The zero-order chi connectivity index (χ0) is 15.5. The molecule has 2 rings (SSSR count). The molecule has 2 aromatic rings. The summed E-state index contributed by atoms with van der Waals surface area (Å²) in [5, 5.41) is 0.938. The second kappa shape index (κ2) is 7.17. The van der Waals surface area contributed by atoms with Gasteiger partial charge in [-0.15, -0.1) is 0 Å². The van der Waals surface area contributed by atoms with E-state index in [1.54, 1.807) is 21.3 Å². The van der Waals surface area contributed by atoms with Crippen molar-refractivity contribution in [3.05, 3.63) is 51.4 Å². The van der Waals surface area contributed by atoms with Gasteiger partial charge in [-0.05, 0) is 29.3 Å². The van der Waals surface area contributed by atoms with Gasteiger partial charge in [0.05, 0.1) is 0 Å². The van der Waals surface area contributed by atoms with Crippen molar-refractivity contribution in [2.24, 2.45) is 0 Å². The van der Waals surface area contributed by atoms with Crippen molar-refractivity contribution < 1.29 is 13.3 Å². The average molecular weight is 432 g/mol. The minimum Gasteiger partial charge on any atom is -0.373 e. The van der Waals surface area contributed by atoms with Gasteiger partial charge in [0.1, 0.15) is 0 Å². The molecule has 0 N–H and O–H groups in total. The normalized spacial score (nSPS) is 11.7. The Kier molecular flexibility index (Phi) is 5.76. The fraction of sp³-hybridized carbons (Fsp3) is 0.200. The van der Waals surface area contributed by atoms with Crippen molar-refractivity contribution in [2.45, 2.75) is 0 Å². The van der Waals surface area contributed by atoms with Crippen molar-refractivity contribution in [3.63, 3.8) is 0 Å². The highest BCUT2D eigenvalue weighted by Crippen LogP contribution is 2.27. The SMILES string of the molecule is CO[Si](OC)(OC)c1ccc(-c2cc(Br)cc(Br)c2)cc1. The van der Waals surface area contributed by atoms with Gasteiger partial charge in [0, 0.05) is 35.5 Å². The van der Waals surface area contributed by atoms with Crippen LogP contribution in [0.3, 0.4) is 0 Å². The molecule has 0 aromatic heterocycles. The third-order valence-corrected chi connectivity index (χ3v) is 6.81. The van der Waals surface area contributed by atoms with E-state index < -0.39 is 8.80 Å². The van der Waals surface area contributed by atoms with Crippen LogP contribution in [-0.4, -0.2) is 30.1 Å². The molecule has 6 heteroatoms. The first-order valence-corrected chi connectivity index (χ1v) is 9.58. The quantitative estimate of drug-likeness (QED) is 0.670. The van der Waals surface area contributed by atoms with E-state index in [9.17, 15) is 0 Å². The lowest BCUT2D eigenvalue weighted by Crippen LogP contribution is -2.54. The van der Waals surface area contributed by atoms with Gasteiger partial charge in [0.15, 0.2) is 0 Å². The van der Waals surface area contributed by atoms with E-state index in [0.29, 0.717) is 0 Å². The maximum Gasteiger partial charge on any atom is 0.536 e. The third kappa shape index (κ3) is 3.64. The second-order valence-electron chi connectivity index (χ2n) is 4.40. The lowest BCUT2D eigenvalue weighted by Gasteiger charge is -2.24. The molecule has 0 bridgehead atoms. The van der Waals surface area contributed by atoms with E-state index in [1.165, 1.54) is 0 Å². The average Bonchev–Trinajstić information content (AvgIpc) is 2.49. The molecule has 0 saturated heterocycles. The molecule has 0 unspecified atom stereocenters. The highest BCUT2D eigenvalue weighted by Gasteiger charge is 2.40. The maximum atomic E-state index is 5.49. The minimum absolute atomic E-state index is 0.938. The molecule has 0 aliphatic carbocycles. The van der Waals surface area contributed by atoms with Crippen LogP contribution in [0.25, 0.3) is 11.1 Å². The molecule has 2 aromatic carbocycles. The molecular formula is C15H16Br2O3Si. The summed E-state index contributed by atoms with van der Waals surface area (Å²) >= 11 is 7.01. The number of halogens is 2. The van der Waals surface area contributed by atoms with Crippen molar-refractivity contribution in [2.75, 3.05) is 21.3 Å². The van der Waals surface area contributed by atoms with Crippen LogP contribution in [0.4, 0.5) is 0 Å². The topological polar surface area (TPSA) is 27.7 Å². The minimum atomic E-state index is -2.76. The van der Waals surface area contributed by atoms with Crippen LogP contribution < -0.4 is 5.19 Å². The van der Waals surface area contributed by atoms with Gasteiger partial charge in [-0.2, -0.15) is 0 Å². The van der Waals surface area contributed by atoms with Crippen molar-refractivity contribution in [3.8, 4) is 11.1 Å². The van der Waals surface area contributed by atoms with E-state index in [1.807, 2.05) is 30.3 Å². The number of hydrogen-bond acceptors (Lipinski definition) is 3. The first-order chi connectivity index (χ1) is 10.0. The summed E-state index contributed by atoms with van der Waals surface area (Å²) in [5.74, 6) is 0. The number of hydrogen-bond donors (Lipinski definition) is 0. The molecule has 0 heterocycles. The molecule has 0 atom stereocenters. The summed E-state index contributed by atoms with van der Waals surface area (Å²) in [7, 11) is 2.07. The lowest BCUT2D eigenvalue weighted by molar-refractivity contribution is 0.140. The monoisotopic (exact) mass is 430 g/mol. The summed E-state index contributed by atoms with van der Waals surface area (Å²) in [6.07, 6.45) is 0. The van der Waals surface area contributed by atoms with Gasteiger partial charge < -0.3 is 13.3 Å². The van der Waals surface area contributed by atoms with E-state index in [0.717, 1.165) is 25.3 Å². The molecule has 3 nitrogen and oxygen atoms in total. The van der Waals surface area contributed by atoms with Crippen LogP contribution in [0.2, 0.25) is 0 Å². The number of rotatable bonds is 5. The van der Waals surface area contributed by atoms with Gasteiger partial charge in [-0.3, -0.25) is 0 Å². The van der Waals surface area contributed by atoms with Gasteiger partial charge >= 0.3 is 8.80 Å². The molecule has 0 aliphatic heterocycles. The Bertz CT molecular complexity index is 584. The molecule has 0 aliphatic rings. The highest BCUT2D eigenvalue weighted by atomic mass is 79.9. The maximum absolute atomic E-state index is 5.49. The Morgan fingerprint density at radius 3 is 1.62 bits per heavy atom. The molecule has 0 spiro atoms. The Hall–Kier alpha value is -0.503. The van der Waals surface area contributed by atoms with Crippen LogP contribution in [0, 0.1) is 0 Å². The molecule has 0 amide bonds. The predicted octanol–water partition coefficient (Wildman–Crippen LogP) is 3.96. The summed E-state index contributed by atoms with van der Waals surface area (Å²) in [6.45, 7) is 0. The van der Waals surface area contributed by atoms with E-state index in [-0.39, 0.29) is 0 Å². The van der Waals surface area contributed by atoms with Gasteiger partial charge in [0.25, 0.3) is 0 Å². The summed E-state index contributed by atoms with van der Waals surface area (Å²) in [5.41, 5.74) is 2.24. The van der Waals surface area contributed by atoms with Crippen molar-refractivity contribution in [1.29, 1.82) is 0 Å². The lowest BCUT2D eigenvalue weighted by atomic mass is 10.1. The van der Waals surface area contributed by atoms with Crippen LogP contribution in [0.5, 0.6) is 0 Å². The van der Waals surface area contributed by atoms with E-state index in [4.69, 9.17) is 13.3 Å². The molecular weight excluding hydrogens is 416 g/mol. The van der Waals surface area contributed by atoms with Gasteiger partial charge in [-0.1, -0.05) is 56.1 Å². The zero-order valence-corrected chi connectivity index (χ0v) is 16.2. The van der Waals surface area contributed by atoms with Gasteiger partial charge in [-0.25, -0.2) is 0 Å². The Labute approximate surface area is 142 Å². The third-order valence-electron chi connectivity index (χ3n) is 3.24. The van der Waals surface area contributed by atoms with Crippen LogP contribution in [-0.2, 0) is 13.3 Å². The molecule has 21 heavy (non-hydrogen) atoms. The Morgan fingerprint density at radius 1 is 0.714 bits per heavy atom. The smallest absolute Gasteiger partial charge is 0.373 e. The van der Waals surface area contributed by atoms with Crippen LogP contribution >= 0.6 is 31.9 Å². The van der Waals surface area contributed by atoms with Crippen molar-refractivity contribution in [1.82, 2.24) is 0 Å². The fourth-order valence-corrected chi connectivity index (χ4v) is 5.27. The first-order valence-electron chi connectivity index (χ1n) is 6.27. The van der Waals surface area contributed by atoms with E-state index in [2.05, 4.69) is 44.0 Å². The highest BCUT2D eigenvalue weighted by molar-refractivity contribution is 9.11. The standard InChI is InChI=1S/C15H16Br2O3Si/c1-18-21(19-2,20-3)15-6-4-11(5-7-15)12-8-13(16)10-14(17)9-12/h4-10H,1-3H3. The summed E-state index contributed by atoms with van der Waals surface area (Å²) in [4.78, 5) is 0. The predicted molar refractivity (Wildman–Crippen MR) is 93.7 cm³/mol. The summed E-state index contributed by atoms with van der Waals surface area (Å²) < 4.78 is 18.5. The fourth-order valence-electron chi connectivity index (χ4n) is 2.19. The summed E-state index contributed by atoms with van der Waals surface area (Å²) in [6, 6.07) is 14.2. The van der Waals surface area contributed by atoms with Crippen molar-refractivity contribution >= 4 is 45.9 Å². The molecule has 0 radical (unpaired) electrons. The number of benzene rings is 2. The molecule has 112 valence electrons. The van der Waals surface area contributed by atoms with Crippen LogP contribution in [0.15, 0.2) is 51.4 Å². The van der Waals surface area contributed by atoms with Crippen LogP contribution in [0.1, 0.15) is 0 Å². The molecule has 0 fully saturated rings. The van der Waals surface area contributed by atoms with Gasteiger partial charge in [0.2, 0.25) is 0 Å². The first kappa shape index (κ1) is 16.9. The molecule has 0 saturated carbocycles. The van der Waals surface area contributed by atoms with E-state index >= 15 is 0 Å². The second-order valence-corrected chi connectivity index (χ2v) is 9.15. The Morgan fingerprint density at radius 2 is 1.19 bits per heavy atom. The zero-order valence-electron chi connectivity index (χ0n) is 12.0. The largest absolute Gasteiger partial charge is 0.536 e. The Balaban J connectivity index is 2.38.